The molecular formula is C14H25N3O2. The molecule has 1 atom stereocenters. The highest BCUT2D eigenvalue weighted by molar-refractivity contribution is 5.10. The predicted octanol–water partition coefficient (Wildman–Crippen LogP) is 1.24. The van der Waals surface area contributed by atoms with Gasteiger partial charge in [0.25, 0.3) is 0 Å². The van der Waals surface area contributed by atoms with Crippen LogP contribution in [0.5, 0.6) is 0 Å². The minimum Gasteiger partial charge on any atom is -0.356 e. The molecule has 0 aliphatic carbocycles. The van der Waals surface area contributed by atoms with E-state index in [1.165, 1.54) is 5.56 Å². The third-order valence-corrected chi connectivity index (χ3v) is 3.66. The SMILES string of the molecule is COC(CC(C)(CN)N(C)Cc1ccncc1)OC. The van der Waals surface area contributed by atoms with E-state index in [1.54, 1.807) is 26.6 Å². The number of methoxy groups -OCH3 is 2. The van der Waals surface area contributed by atoms with Gasteiger partial charge in [0.05, 0.1) is 0 Å². The van der Waals surface area contributed by atoms with Crippen LogP contribution in [-0.4, -0.2) is 49.5 Å². The first-order valence-corrected chi connectivity index (χ1v) is 6.41. The summed E-state index contributed by atoms with van der Waals surface area (Å²) in [6, 6.07) is 4.02. The maximum Gasteiger partial charge on any atom is 0.158 e. The van der Waals surface area contributed by atoms with Gasteiger partial charge in [-0.05, 0) is 31.7 Å². The van der Waals surface area contributed by atoms with Crippen LogP contribution in [0.2, 0.25) is 0 Å². The number of nitrogens with two attached hydrogens (primary N) is 1. The Balaban J connectivity index is 2.71. The Morgan fingerprint density at radius 1 is 1.32 bits per heavy atom. The minimum atomic E-state index is -0.242. The fraction of sp³-hybridized carbons (Fsp3) is 0.643. The van der Waals surface area contributed by atoms with Crippen molar-refractivity contribution in [2.24, 2.45) is 5.73 Å². The van der Waals surface area contributed by atoms with E-state index in [1.807, 2.05) is 12.1 Å². The molecular weight excluding hydrogens is 242 g/mol. The van der Waals surface area contributed by atoms with Crippen LogP contribution in [0.15, 0.2) is 24.5 Å². The highest BCUT2D eigenvalue weighted by atomic mass is 16.7. The van der Waals surface area contributed by atoms with Crippen molar-refractivity contribution in [1.29, 1.82) is 0 Å². The van der Waals surface area contributed by atoms with Crippen molar-refractivity contribution in [3.05, 3.63) is 30.1 Å². The van der Waals surface area contributed by atoms with Crippen LogP contribution in [-0.2, 0) is 16.0 Å². The van der Waals surface area contributed by atoms with Crippen molar-refractivity contribution in [3.63, 3.8) is 0 Å². The molecule has 0 saturated heterocycles. The highest BCUT2D eigenvalue weighted by Gasteiger charge is 2.31. The van der Waals surface area contributed by atoms with E-state index in [4.69, 9.17) is 15.2 Å². The zero-order chi connectivity index (χ0) is 14.3. The summed E-state index contributed by atoms with van der Waals surface area (Å²) in [5, 5.41) is 0. The van der Waals surface area contributed by atoms with Gasteiger partial charge < -0.3 is 15.2 Å². The summed E-state index contributed by atoms with van der Waals surface area (Å²) >= 11 is 0. The van der Waals surface area contributed by atoms with Gasteiger partial charge in [-0.15, -0.1) is 0 Å². The number of aromatic nitrogens is 1. The number of nitrogens with zero attached hydrogens (tertiary/aromatic N) is 2. The van der Waals surface area contributed by atoms with Crippen LogP contribution in [0.4, 0.5) is 0 Å². The molecule has 5 heteroatoms. The Labute approximate surface area is 115 Å². The first-order chi connectivity index (χ1) is 9.05. The lowest BCUT2D eigenvalue weighted by Crippen LogP contribution is -2.51. The lowest BCUT2D eigenvalue weighted by atomic mass is 9.95. The van der Waals surface area contributed by atoms with Crippen LogP contribution >= 0.6 is 0 Å². The van der Waals surface area contributed by atoms with Gasteiger partial charge in [0.2, 0.25) is 0 Å². The first-order valence-electron chi connectivity index (χ1n) is 6.41. The molecule has 0 spiro atoms. The van der Waals surface area contributed by atoms with Crippen molar-refractivity contribution in [2.45, 2.75) is 31.7 Å². The Bertz CT molecular complexity index is 357. The number of hydrogen-bond acceptors (Lipinski definition) is 5. The van der Waals surface area contributed by atoms with E-state index in [0.29, 0.717) is 6.54 Å². The van der Waals surface area contributed by atoms with Gasteiger partial charge >= 0.3 is 0 Å². The molecule has 1 rings (SSSR count). The van der Waals surface area contributed by atoms with Gasteiger partial charge in [0, 0.05) is 51.7 Å². The molecule has 0 fully saturated rings. The number of pyridine rings is 1. The standard InChI is InChI=1S/C14H25N3O2/c1-14(11-15,9-13(18-3)19-4)17(2)10-12-5-7-16-8-6-12/h5-8,13H,9-11,15H2,1-4H3. The van der Waals surface area contributed by atoms with Crippen LogP contribution < -0.4 is 5.73 Å². The van der Waals surface area contributed by atoms with Crippen molar-refractivity contribution < 1.29 is 9.47 Å². The topological polar surface area (TPSA) is 60.6 Å². The van der Waals surface area contributed by atoms with E-state index in [9.17, 15) is 0 Å². The summed E-state index contributed by atoms with van der Waals surface area (Å²) in [7, 11) is 5.36. The van der Waals surface area contributed by atoms with E-state index < -0.39 is 0 Å². The maximum atomic E-state index is 5.95. The van der Waals surface area contributed by atoms with Gasteiger partial charge in [0.1, 0.15) is 0 Å². The molecule has 0 saturated carbocycles. The van der Waals surface area contributed by atoms with Gasteiger partial charge in [0.15, 0.2) is 6.29 Å². The van der Waals surface area contributed by atoms with Crippen LogP contribution in [0.25, 0.3) is 0 Å². The molecule has 0 amide bonds. The minimum absolute atomic E-state index is 0.181. The summed E-state index contributed by atoms with van der Waals surface area (Å²) in [6.07, 6.45) is 4.08. The fourth-order valence-corrected chi connectivity index (χ4v) is 1.97. The van der Waals surface area contributed by atoms with Crippen molar-refractivity contribution in [3.8, 4) is 0 Å². The molecule has 1 aromatic heterocycles. The van der Waals surface area contributed by atoms with Crippen LogP contribution in [0.3, 0.4) is 0 Å². The second-order valence-corrected chi connectivity index (χ2v) is 5.02. The third-order valence-electron chi connectivity index (χ3n) is 3.66. The van der Waals surface area contributed by atoms with Crippen molar-refractivity contribution in [2.75, 3.05) is 27.8 Å². The van der Waals surface area contributed by atoms with Crippen molar-refractivity contribution in [1.82, 2.24) is 9.88 Å². The van der Waals surface area contributed by atoms with Gasteiger partial charge in [-0.3, -0.25) is 9.88 Å². The average Bonchev–Trinajstić information content (AvgIpc) is 2.45. The van der Waals surface area contributed by atoms with Crippen LogP contribution in [0.1, 0.15) is 18.9 Å². The molecule has 0 aliphatic heterocycles. The predicted molar refractivity (Wildman–Crippen MR) is 75.6 cm³/mol. The summed E-state index contributed by atoms with van der Waals surface area (Å²) in [4.78, 5) is 6.26. The maximum absolute atomic E-state index is 5.95. The molecule has 0 radical (unpaired) electrons. The average molecular weight is 267 g/mol. The Hall–Kier alpha value is -1.01. The number of likely N-dealkylation sites (N-methyl/N-ethyl adjacent to an activating group) is 1. The molecule has 0 aliphatic rings. The van der Waals surface area contributed by atoms with E-state index in [2.05, 4.69) is 23.9 Å². The van der Waals surface area contributed by atoms with Gasteiger partial charge in [-0.2, -0.15) is 0 Å². The number of ether oxygens (including phenoxy) is 2. The summed E-state index contributed by atoms with van der Waals surface area (Å²) in [6.45, 7) is 3.48. The first kappa shape index (κ1) is 16.0. The van der Waals surface area contributed by atoms with Gasteiger partial charge in [-0.1, -0.05) is 0 Å². The Kier molecular flexibility index (Phi) is 6.37. The second kappa shape index (κ2) is 7.55. The third kappa shape index (κ3) is 4.54. The molecule has 108 valence electrons. The molecule has 1 unspecified atom stereocenters. The molecule has 19 heavy (non-hydrogen) atoms. The van der Waals surface area contributed by atoms with Crippen molar-refractivity contribution >= 4 is 0 Å². The largest absolute Gasteiger partial charge is 0.356 e. The second-order valence-electron chi connectivity index (χ2n) is 5.02. The van der Waals surface area contributed by atoms with Gasteiger partial charge in [-0.25, -0.2) is 0 Å². The molecule has 2 N–H and O–H groups in total. The molecule has 5 nitrogen and oxygen atoms in total. The molecule has 0 aromatic carbocycles. The zero-order valence-corrected chi connectivity index (χ0v) is 12.3. The van der Waals surface area contributed by atoms with E-state index in [-0.39, 0.29) is 11.8 Å². The number of hydrogen-bond donors (Lipinski definition) is 1. The molecule has 1 aromatic rings. The molecule has 1 heterocycles. The lowest BCUT2D eigenvalue weighted by Gasteiger charge is -2.39. The Morgan fingerprint density at radius 2 is 1.89 bits per heavy atom. The van der Waals surface area contributed by atoms with Crippen LogP contribution in [0, 0.1) is 0 Å². The summed E-state index contributed by atoms with van der Waals surface area (Å²) in [5.41, 5.74) is 6.99. The fourth-order valence-electron chi connectivity index (χ4n) is 1.97. The normalized spacial score (nSPS) is 14.9. The highest BCUT2D eigenvalue weighted by Crippen LogP contribution is 2.22. The number of rotatable bonds is 8. The van der Waals surface area contributed by atoms with E-state index in [0.717, 1.165) is 13.0 Å². The molecule has 0 bridgehead atoms. The summed E-state index contributed by atoms with van der Waals surface area (Å²) in [5.74, 6) is 0. The van der Waals surface area contributed by atoms with E-state index >= 15 is 0 Å². The Morgan fingerprint density at radius 3 is 2.37 bits per heavy atom. The zero-order valence-electron chi connectivity index (χ0n) is 12.3. The summed E-state index contributed by atoms with van der Waals surface area (Å²) < 4.78 is 10.6. The monoisotopic (exact) mass is 267 g/mol. The lowest BCUT2D eigenvalue weighted by molar-refractivity contribution is -0.127. The smallest absolute Gasteiger partial charge is 0.158 e. The quantitative estimate of drug-likeness (QED) is 0.718.